The summed E-state index contributed by atoms with van der Waals surface area (Å²) in [6.45, 7) is 5.91. The number of rotatable bonds is 3. The number of carbonyl (C=O) groups is 2. The summed E-state index contributed by atoms with van der Waals surface area (Å²) < 4.78 is 0. The fourth-order valence-corrected chi connectivity index (χ4v) is 3.25. The lowest BCUT2D eigenvalue weighted by molar-refractivity contribution is -0.129. The van der Waals surface area contributed by atoms with E-state index in [4.69, 9.17) is 23.2 Å². The molecule has 4 nitrogen and oxygen atoms in total. The Kier molecular flexibility index (Phi) is 6.16. The van der Waals surface area contributed by atoms with Crippen LogP contribution in [0.4, 0.5) is 5.69 Å². The van der Waals surface area contributed by atoms with Gasteiger partial charge in [0, 0.05) is 22.4 Å². The van der Waals surface area contributed by atoms with E-state index in [2.05, 4.69) is 10.6 Å². The molecule has 1 saturated carbocycles. The Morgan fingerprint density at radius 1 is 1.00 bits per heavy atom. The summed E-state index contributed by atoms with van der Waals surface area (Å²) in [5, 5.41) is 6.85. The van der Waals surface area contributed by atoms with Crippen LogP contribution in [0.2, 0.25) is 10.0 Å². The number of halogens is 2. The van der Waals surface area contributed by atoms with Crippen molar-refractivity contribution in [1.29, 1.82) is 0 Å². The van der Waals surface area contributed by atoms with Gasteiger partial charge in [0.05, 0.1) is 10.7 Å². The highest BCUT2D eigenvalue weighted by atomic mass is 35.5. The van der Waals surface area contributed by atoms with Crippen molar-refractivity contribution >= 4 is 40.7 Å². The minimum Gasteiger partial charge on any atom is -0.351 e. The van der Waals surface area contributed by atoms with Gasteiger partial charge in [0.2, 0.25) is 11.8 Å². The molecule has 1 aromatic rings. The quantitative estimate of drug-likeness (QED) is 0.812. The van der Waals surface area contributed by atoms with E-state index in [1.54, 1.807) is 18.2 Å². The van der Waals surface area contributed by atoms with Gasteiger partial charge in [0.15, 0.2) is 0 Å². The van der Waals surface area contributed by atoms with Gasteiger partial charge >= 0.3 is 0 Å². The molecule has 1 aromatic carbocycles. The monoisotopic (exact) mass is 370 g/mol. The summed E-state index contributed by atoms with van der Waals surface area (Å²) in [5.74, 6) is -0.0881. The first-order valence-corrected chi connectivity index (χ1v) is 8.99. The van der Waals surface area contributed by atoms with Crippen molar-refractivity contribution in [1.82, 2.24) is 5.32 Å². The van der Waals surface area contributed by atoms with Crippen LogP contribution in [0.25, 0.3) is 0 Å². The zero-order chi connectivity index (χ0) is 17.9. The maximum absolute atomic E-state index is 12.4. The molecule has 2 rings (SSSR count). The SMILES string of the molecule is CC(C)(C)NC(=O)C1CCC(C(=O)Nc2cc(Cl)ccc2Cl)CC1. The summed E-state index contributed by atoms with van der Waals surface area (Å²) in [4.78, 5) is 24.6. The molecular weight excluding hydrogens is 347 g/mol. The third-order valence-corrected chi connectivity index (χ3v) is 4.72. The maximum atomic E-state index is 12.4. The lowest BCUT2D eigenvalue weighted by atomic mass is 9.81. The van der Waals surface area contributed by atoms with Gasteiger partial charge in [-0.1, -0.05) is 23.2 Å². The van der Waals surface area contributed by atoms with Crippen molar-refractivity contribution < 1.29 is 9.59 Å². The minimum atomic E-state index is -0.228. The van der Waals surface area contributed by atoms with Crippen molar-refractivity contribution in [2.75, 3.05) is 5.32 Å². The molecule has 24 heavy (non-hydrogen) atoms. The fourth-order valence-electron chi connectivity index (χ4n) is 2.92. The Hall–Kier alpha value is -1.26. The molecule has 1 aliphatic carbocycles. The zero-order valence-electron chi connectivity index (χ0n) is 14.3. The van der Waals surface area contributed by atoms with Gasteiger partial charge in [-0.05, 0) is 64.7 Å². The summed E-state index contributed by atoms with van der Waals surface area (Å²) in [6.07, 6.45) is 2.85. The predicted molar refractivity (Wildman–Crippen MR) is 98.4 cm³/mol. The first-order chi connectivity index (χ1) is 11.2. The smallest absolute Gasteiger partial charge is 0.227 e. The van der Waals surface area contributed by atoms with E-state index in [9.17, 15) is 9.59 Å². The summed E-state index contributed by atoms with van der Waals surface area (Å²) in [6, 6.07) is 4.98. The molecule has 0 atom stereocenters. The molecule has 1 fully saturated rings. The Bertz CT molecular complexity index is 618. The van der Waals surface area contributed by atoms with Crippen LogP contribution < -0.4 is 10.6 Å². The average Bonchev–Trinajstić information content (AvgIpc) is 2.49. The van der Waals surface area contributed by atoms with E-state index < -0.39 is 0 Å². The first-order valence-electron chi connectivity index (χ1n) is 8.23. The Morgan fingerprint density at radius 2 is 1.54 bits per heavy atom. The predicted octanol–water partition coefficient (Wildman–Crippen LogP) is 4.65. The van der Waals surface area contributed by atoms with E-state index in [-0.39, 0.29) is 29.2 Å². The highest BCUT2D eigenvalue weighted by Crippen LogP contribution is 2.32. The van der Waals surface area contributed by atoms with Crippen LogP contribution >= 0.6 is 23.2 Å². The molecule has 0 bridgehead atoms. The number of benzene rings is 1. The number of anilines is 1. The third-order valence-electron chi connectivity index (χ3n) is 4.15. The molecule has 6 heteroatoms. The Balaban J connectivity index is 1.89. The molecule has 1 aliphatic rings. The van der Waals surface area contributed by atoms with E-state index in [1.807, 2.05) is 20.8 Å². The van der Waals surface area contributed by atoms with Crippen LogP contribution in [0.5, 0.6) is 0 Å². The van der Waals surface area contributed by atoms with Crippen LogP contribution in [-0.2, 0) is 9.59 Å². The zero-order valence-corrected chi connectivity index (χ0v) is 15.8. The maximum Gasteiger partial charge on any atom is 0.227 e. The van der Waals surface area contributed by atoms with Gasteiger partial charge in [-0.2, -0.15) is 0 Å². The molecule has 0 saturated heterocycles. The molecule has 132 valence electrons. The standard InChI is InChI=1S/C18H24Cl2N2O2/c1-18(2,3)22-17(24)12-6-4-11(5-7-12)16(23)21-15-10-13(19)8-9-14(15)20/h8-12H,4-7H2,1-3H3,(H,21,23)(H,22,24). The number of hydrogen-bond donors (Lipinski definition) is 2. The summed E-state index contributed by atoms with van der Waals surface area (Å²) >= 11 is 12.0. The topological polar surface area (TPSA) is 58.2 Å². The molecule has 0 aromatic heterocycles. The van der Waals surface area contributed by atoms with Gasteiger partial charge in [-0.15, -0.1) is 0 Å². The highest BCUT2D eigenvalue weighted by molar-refractivity contribution is 6.35. The van der Waals surface area contributed by atoms with Crippen LogP contribution in [0.1, 0.15) is 46.5 Å². The summed E-state index contributed by atoms with van der Waals surface area (Å²) in [7, 11) is 0. The van der Waals surface area contributed by atoms with Crippen LogP contribution in [-0.4, -0.2) is 17.4 Å². The highest BCUT2D eigenvalue weighted by Gasteiger charge is 2.31. The van der Waals surface area contributed by atoms with E-state index >= 15 is 0 Å². The average molecular weight is 371 g/mol. The molecule has 0 radical (unpaired) electrons. The second kappa shape index (κ2) is 7.75. The Labute approximate surface area is 153 Å². The molecular formula is C18H24Cl2N2O2. The Morgan fingerprint density at radius 3 is 2.08 bits per heavy atom. The van der Waals surface area contributed by atoms with Gasteiger partial charge in [0.25, 0.3) is 0 Å². The lowest BCUT2D eigenvalue weighted by Crippen LogP contribution is -2.45. The van der Waals surface area contributed by atoms with Crippen molar-refractivity contribution in [3.05, 3.63) is 28.2 Å². The van der Waals surface area contributed by atoms with Gasteiger partial charge in [-0.25, -0.2) is 0 Å². The fraction of sp³-hybridized carbons (Fsp3) is 0.556. The summed E-state index contributed by atoms with van der Waals surface area (Å²) in [5.41, 5.74) is 0.302. The third kappa shape index (κ3) is 5.38. The second-order valence-electron chi connectivity index (χ2n) is 7.40. The van der Waals surface area contributed by atoms with Gasteiger partial charge < -0.3 is 10.6 Å². The van der Waals surface area contributed by atoms with Crippen LogP contribution in [0, 0.1) is 11.8 Å². The molecule has 0 heterocycles. The molecule has 0 aliphatic heterocycles. The van der Waals surface area contributed by atoms with Gasteiger partial charge in [0.1, 0.15) is 0 Å². The van der Waals surface area contributed by atoms with Crippen LogP contribution in [0.15, 0.2) is 18.2 Å². The normalized spacial score (nSPS) is 21.2. The van der Waals surface area contributed by atoms with E-state index in [1.165, 1.54) is 0 Å². The van der Waals surface area contributed by atoms with Crippen molar-refractivity contribution in [3.63, 3.8) is 0 Å². The number of nitrogens with one attached hydrogen (secondary N) is 2. The van der Waals surface area contributed by atoms with Crippen molar-refractivity contribution in [3.8, 4) is 0 Å². The molecule has 0 unspecified atom stereocenters. The molecule has 2 amide bonds. The molecule has 2 N–H and O–H groups in total. The van der Waals surface area contributed by atoms with E-state index in [0.717, 1.165) is 12.8 Å². The van der Waals surface area contributed by atoms with Crippen LogP contribution in [0.3, 0.4) is 0 Å². The minimum absolute atomic E-state index is 0.0111. The number of hydrogen-bond acceptors (Lipinski definition) is 2. The van der Waals surface area contributed by atoms with Gasteiger partial charge in [-0.3, -0.25) is 9.59 Å². The van der Waals surface area contributed by atoms with Crippen molar-refractivity contribution in [2.24, 2.45) is 11.8 Å². The number of carbonyl (C=O) groups excluding carboxylic acids is 2. The molecule has 0 spiro atoms. The first kappa shape index (κ1) is 19.1. The second-order valence-corrected chi connectivity index (χ2v) is 8.24. The lowest BCUT2D eigenvalue weighted by Gasteiger charge is -2.30. The van der Waals surface area contributed by atoms with E-state index in [0.29, 0.717) is 28.6 Å². The number of amides is 2. The largest absolute Gasteiger partial charge is 0.351 e. The van der Waals surface area contributed by atoms with Crippen molar-refractivity contribution in [2.45, 2.75) is 52.0 Å².